The molecule has 20 heavy (non-hydrogen) atoms. The van der Waals surface area contributed by atoms with Gasteiger partial charge in [0.15, 0.2) is 5.69 Å². The Balaban J connectivity index is 2.14. The monoisotopic (exact) mass is 268 g/mol. The van der Waals surface area contributed by atoms with Crippen LogP contribution >= 0.6 is 0 Å². The minimum absolute atomic E-state index is 0.00934. The van der Waals surface area contributed by atoms with Gasteiger partial charge in [-0.05, 0) is 12.1 Å². The molecule has 0 fully saturated rings. The zero-order chi connectivity index (χ0) is 14.1. The van der Waals surface area contributed by atoms with Crippen molar-refractivity contribution in [3.63, 3.8) is 0 Å². The second-order valence-corrected chi connectivity index (χ2v) is 4.41. The third-order valence-electron chi connectivity index (χ3n) is 2.92. The van der Waals surface area contributed by atoms with Crippen LogP contribution in [0, 0.1) is 0 Å². The third kappa shape index (κ3) is 2.18. The van der Waals surface area contributed by atoms with Gasteiger partial charge < -0.3 is 10.4 Å². The molecule has 0 spiro atoms. The fourth-order valence-corrected chi connectivity index (χ4v) is 2.03. The van der Waals surface area contributed by atoms with E-state index in [-0.39, 0.29) is 5.69 Å². The molecule has 6 heteroatoms. The van der Waals surface area contributed by atoms with Crippen LogP contribution in [0.4, 0.5) is 11.4 Å². The molecule has 100 valence electrons. The highest BCUT2D eigenvalue weighted by atomic mass is 16.4. The number of rotatable bonds is 3. The molecule has 0 saturated carbocycles. The summed E-state index contributed by atoms with van der Waals surface area (Å²) in [6.45, 7) is 0. The summed E-state index contributed by atoms with van der Waals surface area (Å²) >= 11 is 0. The van der Waals surface area contributed by atoms with Crippen molar-refractivity contribution in [3.8, 4) is 0 Å². The molecule has 3 aromatic rings. The Hall–Kier alpha value is -2.89. The van der Waals surface area contributed by atoms with Gasteiger partial charge in [0.1, 0.15) is 0 Å². The third-order valence-corrected chi connectivity index (χ3v) is 2.92. The van der Waals surface area contributed by atoms with Crippen LogP contribution < -0.4 is 5.32 Å². The number of hydrogen-bond donors (Lipinski definition) is 2. The van der Waals surface area contributed by atoms with E-state index in [0.717, 1.165) is 11.1 Å². The van der Waals surface area contributed by atoms with E-state index in [1.165, 1.54) is 6.07 Å². The molecule has 0 bridgehead atoms. The number of nitrogens with zero attached hydrogens (tertiary/aromatic N) is 3. The van der Waals surface area contributed by atoms with E-state index >= 15 is 0 Å². The van der Waals surface area contributed by atoms with Crippen LogP contribution in [0.5, 0.6) is 0 Å². The minimum Gasteiger partial charge on any atom is -0.477 e. The Morgan fingerprint density at radius 3 is 2.85 bits per heavy atom. The normalized spacial score (nSPS) is 10.7. The lowest BCUT2D eigenvalue weighted by Gasteiger charge is -2.09. The molecule has 0 aliphatic rings. The molecule has 2 heterocycles. The molecular formula is C14H12N4O2. The molecule has 2 aromatic heterocycles. The van der Waals surface area contributed by atoms with Gasteiger partial charge in [0.05, 0.1) is 23.1 Å². The topological polar surface area (TPSA) is 80.0 Å². The number of carbonyl (C=O) groups is 1. The van der Waals surface area contributed by atoms with E-state index in [1.54, 1.807) is 16.9 Å². The largest absolute Gasteiger partial charge is 0.477 e. The van der Waals surface area contributed by atoms with E-state index in [2.05, 4.69) is 15.4 Å². The van der Waals surface area contributed by atoms with Gasteiger partial charge in [0, 0.05) is 18.6 Å². The smallest absolute Gasteiger partial charge is 0.354 e. The minimum atomic E-state index is -1.05. The van der Waals surface area contributed by atoms with Gasteiger partial charge in [-0.2, -0.15) is 5.10 Å². The zero-order valence-electron chi connectivity index (χ0n) is 10.7. The number of carboxylic acid groups (broad SMARTS) is 1. The SMILES string of the molecule is Cn1cc(Nc2cc(C(=O)O)nc3ccccc23)cn1. The summed E-state index contributed by atoms with van der Waals surface area (Å²) in [6, 6.07) is 8.92. The zero-order valence-corrected chi connectivity index (χ0v) is 10.7. The first-order valence-corrected chi connectivity index (χ1v) is 6.02. The molecule has 6 nitrogen and oxygen atoms in total. The first-order chi connectivity index (χ1) is 9.63. The summed E-state index contributed by atoms with van der Waals surface area (Å²) in [7, 11) is 1.82. The van der Waals surface area contributed by atoms with Crippen molar-refractivity contribution < 1.29 is 9.90 Å². The van der Waals surface area contributed by atoms with Crippen LogP contribution in [0.25, 0.3) is 10.9 Å². The number of pyridine rings is 1. The van der Waals surface area contributed by atoms with Crippen molar-refractivity contribution >= 4 is 28.2 Å². The number of aromatic carboxylic acids is 1. The summed E-state index contributed by atoms with van der Waals surface area (Å²) in [5, 5.41) is 17.2. The first kappa shape index (κ1) is 12.2. The standard InChI is InChI=1S/C14H12N4O2/c1-18-8-9(7-15-18)16-12-6-13(14(19)20)17-11-5-3-2-4-10(11)12/h2-8H,1H3,(H,16,17)(H,19,20). The van der Waals surface area contributed by atoms with Crippen LogP contribution in [0.1, 0.15) is 10.5 Å². The van der Waals surface area contributed by atoms with Crippen molar-refractivity contribution in [1.82, 2.24) is 14.8 Å². The van der Waals surface area contributed by atoms with Gasteiger partial charge in [0.2, 0.25) is 0 Å². The maximum atomic E-state index is 11.1. The quantitative estimate of drug-likeness (QED) is 0.762. The summed E-state index contributed by atoms with van der Waals surface area (Å²) in [6.07, 6.45) is 3.49. The average molecular weight is 268 g/mol. The van der Waals surface area contributed by atoms with Crippen LogP contribution in [0.3, 0.4) is 0 Å². The van der Waals surface area contributed by atoms with Crippen molar-refractivity contribution in [2.24, 2.45) is 7.05 Å². The molecule has 0 radical (unpaired) electrons. The lowest BCUT2D eigenvalue weighted by molar-refractivity contribution is 0.0691. The van der Waals surface area contributed by atoms with Gasteiger partial charge >= 0.3 is 5.97 Å². The summed E-state index contributed by atoms with van der Waals surface area (Å²) in [5.74, 6) is -1.05. The van der Waals surface area contributed by atoms with Crippen molar-refractivity contribution in [2.75, 3.05) is 5.32 Å². The lowest BCUT2D eigenvalue weighted by atomic mass is 10.1. The van der Waals surface area contributed by atoms with Crippen LogP contribution in [-0.2, 0) is 7.05 Å². The second-order valence-electron chi connectivity index (χ2n) is 4.41. The van der Waals surface area contributed by atoms with Crippen LogP contribution in [0.2, 0.25) is 0 Å². The number of nitrogens with one attached hydrogen (secondary N) is 1. The molecule has 1 aromatic carbocycles. The highest BCUT2D eigenvalue weighted by Crippen LogP contribution is 2.26. The molecule has 0 unspecified atom stereocenters. The molecule has 0 saturated heterocycles. The van der Waals surface area contributed by atoms with Gasteiger partial charge in [-0.15, -0.1) is 0 Å². The Bertz CT molecular complexity index is 795. The summed E-state index contributed by atoms with van der Waals surface area (Å²) in [4.78, 5) is 15.3. The van der Waals surface area contributed by atoms with E-state index in [1.807, 2.05) is 31.4 Å². The Kier molecular flexibility index (Phi) is 2.83. The van der Waals surface area contributed by atoms with Crippen LogP contribution in [-0.4, -0.2) is 25.8 Å². The molecule has 0 atom stereocenters. The van der Waals surface area contributed by atoms with E-state index in [0.29, 0.717) is 11.2 Å². The summed E-state index contributed by atoms with van der Waals surface area (Å²) < 4.78 is 1.67. The number of para-hydroxylation sites is 1. The molecule has 2 N–H and O–H groups in total. The Morgan fingerprint density at radius 2 is 2.15 bits per heavy atom. The molecule has 0 amide bonds. The summed E-state index contributed by atoms with van der Waals surface area (Å²) in [5.41, 5.74) is 2.13. The second kappa shape index (κ2) is 4.65. The fraction of sp³-hybridized carbons (Fsp3) is 0.0714. The molecule has 0 aliphatic heterocycles. The van der Waals surface area contributed by atoms with Gasteiger partial charge in [-0.1, -0.05) is 18.2 Å². The first-order valence-electron chi connectivity index (χ1n) is 6.02. The van der Waals surface area contributed by atoms with E-state index < -0.39 is 5.97 Å². The number of anilines is 2. The van der Waals surface area contributed by atoms with Gasteiger partial charge in [0.25, 0.3) is 0 Å². The van der Waals surface area contributed by atoms with E-state index in [4.69, 9.17) is 5.11 Å². The maximum absolute atomic E-state index is 11.1. The average Bonchev–Trinajstić information content (AvgIpc) is 2.84. The lowest BCUT2D eigenvalue weighted by Crippen LogP contribution is -2.02. The highest BCUT2D eigenvalue weighted by Gasteiger charge is 2.11. The van der Waals surface area contributed by atoms with Crippen molar-refractivity contribution in [3.05, 3.63) is 48.4 Å². The number of aryl methyl sites for hydroxylation is 1. The van der Waals surface area contributed by atoms with E-state index in [9.17, 15) is 4.79 Å². The predicted molar refractivity (Wildman–Crippen MR) is 75.2 cm³/mol. The Morgan fingerprint density at radius 1 is 1.35 bits per heavy atom. The number of hydrogen-bond acceptors (Lipinski definition) is 4. The molecular weight excluding hydrogens is 256 g/mol. The number of fused-ring (bicyclic) bond motifs is 1. The van der Waals surface area contributed by atoms with Crippen molar-refractivity contribution in [2.45, 2.75) is 0 Å². The number of aromatic nitrogens is 3. The number of carboxylic acids is 1. The highest BCUT2D eigenvalue weighted by molar-refractivity contribution is 5.98. The predicted octanol–water partition coefficient (Wildman–Crippen LogP) is 2.41. The fourth-order valence-electron chi connectivity index (χ4n) is 2.03. The molecule has 3 rings (SSSR count). The van der Waals surface area contributed by atoms with Gasteiger partial charge in [-0.3, -0.25) is 4.68 Å². The maximum Gasteiger partial charge on any atom is 0.354 e. The van der Waals surface area contributed by atoms with Gasteiger partial charge in [-0.25, -0.2) is 9.78 Å². The number of benzene rings is 1. The van der Waals surface area contributed by atoms with Crippen molar-refractivity contribution in [1.29, 1.82) is 0 Å². The molecule has 0 aliphatic carbocycles. The van der Waals surface area contributed by atoms with Crippen LogP contribution in [0.15, 0.2) is 42.7 Å². The Labute approximate surface area is 114 Å².